The van der Waals surface area contributed by atoms with Crippen LogP contribution >= 0.6 is 0 Å². The predicted octanol–water partition coefficient (Wildman–Crippen LogP) is 0.787. The molecule has 0 bridgehead atoms. The minimum Gasteiger partial charge on any atom is -0.375 e. The van der Waals surface area contributed by atoms with Crippen molar-refractivity contribution >= 4 is 11.9 Å². The number of hydrogen-bond donors (Lipinski definition) is 0. The maximum atomic E-state index is 10.9. The van der Waals surface area contributed by atoms with E-state index in [1.165, 1.54) is 6.92 Å². The quantitative estimate of drug-likeness (QED) is 0.261. The van der Waals surface area contributed by atoms with E-state index in [1.54, 1.807) is 6.92 Å². The first-order valence-electron chi connectivity index (χ1n) is 3.02. The Morgan fingerprint density at radius 1 is 1.73 bits per heavy atom. The number of Topliss-reactive ketones (excluding diaryl/α,β-unsaturated/α-hetero) is 1. The molecule has 0 saturated carbocycles. The molecule has 0 aromatic heterocycles. The Morgan fingerprint density at radius 2 is 2.27 bits per heavy atom. The minimum absolute atomic E-state index is 0.274. The summed E-state index contributed by atoms with van der Waals surface area (Å²) in [5, 5.41) is 2.81. The van der Waals surface area contributed by atoms with E-state index in [2.05, 4.69) is 16.6 Å². The van der Waals surface area contributed by atoms with Gasteiger partial charge >= 0.3 is 0 Å². The first-order chi connectivity index (χ1) is 5.09. The van der Waals surface area contributed by atoms with E-state index in [-0.39, 0.29) is 5.78 Å². The van der Waals surface area contributed by atoms with Crippen LogP contribution in [0.5, 0.6) is 0 Å². The molecule has 4 nitrogen and oxygen atoms in total. The van der Waals surface area contributed by atoms with Crippen molar-refractivity contribution in [3.63, 3.8) is 0 Å². The van der Waals surface area contributed by atoms with Crippen LogP contribution in [0.4, 0.5) is 0 Å². The highest BCUT2D eigenvalue weighted by atomic mass is 16.6. The Kier molecular flexibility index (Phi) is 3.85. The third-order valence-electron chi connectivity index (χ3n) is 1.04. The van der Waals surface area contributed by atoms with Crippen LogP contribution in [-0.2, 0) is 14.4 Å². The molecule has 0 aromatic rings. The zero-order chi connectivity index (χ0) is 8.85. The van der Waals surface area contributed by atoms with Gasteiger partial charge in [-0.2, -0.15) is 0 Å². The Morgan fingerprint density at radius 3 is 2.64 bits per heavy atom. The topological polar surface area (TPSA) is 55.7 Å². The van der Waals surface area contributed by atoms with Gasteiger partial charge in [-0.25, -0.2) is 4.79 Å². The van der Waals surface area contributed by atoms with E-state index in [0.29, 0.717) is 5.57 Å². The van der Waals surface area contributed by atoms with Crippen LogP contribution in [0.15, 0.2) is 17.3 Å². The molecule has 0 aliphatic carbocycles. The Labute approximate surface area is 64.5 Å². The van der Waals surface area contributed by atoms with Crippen molar-refractivity contribution in [3.8, 4) is 0 Å². The molecular formula is C7H9NO3. The zero-order valence-electron chi connectivity index (χ0n) is 6.46. The van der Waals surface area contributed by atoms with Crippen molar-refractivity contribution < 1.29 is 14.4 Å². The number of isocyanates is 1. The highest BCUT2D eigenvalue weighted by Gasteiger charge is 2.13. The van der Waals surface area contributed by atoms with Crippen molar-refractivity contribution in [2.24, 2.45) is 5.16 Å². The fourth-order valence-corrected chi connectivity index (χ4v) is 0.495. The molecule has 0 spiro atoms. The van der Waals surface area contributed by atoms with E-state index in [4.69, 9.17) is 0 Å². The van der Waals surface area contributed by atoms with Gasteiger partial charge in [0, 0.05) is 5.16 Å². The average molecular weight is 155 g/mol. The normalized spacial score (nSPS) is 11.1. The van der Waals surface area contributed by atoms with Gasteiger partial charge in [0.1, 0.15) is 0 Å². The van der Waals surface area contributed by atoms with Crippen molar-refractivity contribution in [1.29, 1.82) is 0 Å². The van der Waals surface area contributed by atoms with E-state index < -0.39 is 6.10 Å². The summed E-state index contributed by atoms with van der Waals surface area (Å²) in [6.45, 7) is 6.46. The molecule has 11 heavy (non-hydrogen) atoms. The van der Waals surface area contributed by atoms with Gasteiger partial charge in [-0.3, -0.25) is 4.79 Å². The van der Waals surface area contributed by atoms with Crippen LogP contribution in [0.2, 0.25) is 0 Å². The first-order valence-corrected chi connectivity index (χ1v) is 3.02. The van der Waals surface area contributed by atoms with E-state index in [0.717, 1.165) is 6.08 Å². The molecule has 0 saturated heterocycles. The van der Waals surface area contributed by atoms with Crippen LogP contribution < -0.4 is 0 Å². The van der Waals surface area contributed by atoms with Gasteiger partial charge in [0.2, 0.25) is 5.78 Å². The first kappa shape index (κ1) is 9.59. The fourth-order valence-electron chi connectivity index (χ4n) is 0.495. The van der Waals surface area contributed by atoms with Gasteiger partial charge in [0.25, 0.3) is 6.08 Å². The third-order valence-corrected chi connectivity index (χ3v) is 1.04. The van der Waals surface area contributed by atoms with Crippen LogP contribution in [-0.4, -0.2) is 18.0 Å². The molecule has 0 fully saturated rings. The van der Waals surface area contributed by atoms with Crippen molar-refractivity contribution in [2.75, 3.05) is 0 Å². The molecular weight excluding hydrogens is 146 g/mol. The number of nitrogens with zero attached hydrogens (tertiary/aromatic N) is 1. The maximum absolute atomic E-state index is 10.9. The van der Waals surface area contributed by atoms with Gasteiger partial charge in [-0.15, -0.1) is 0 Å². The monoisotopic (exact) mass is 155 g/mol. The summed E-state index contributed by atoms with van der Waals surface area (Å²) in [7, 11) is 0. The summed E-state index contributed by atoms with van der Waals surface area (Å²) in [5.41, 5.74) is 0.374. The highest BCUT2D eigenvalue weighted by Crippen LogP contribution is 2.00. The van der Waals surface area contributed by atoms with Gasteiger partial charge in [-0.05, 0) is 19.4 Å². The van der Waals surface area contributed by atoms with Crippen LogP contribution in [0.1, 0.15) is 13.8 Å². The summed E-state index contributed by atoms with van der Waals surface area (Å²) in [5.74, 6) is -0.274. The van der Waals surface area contributed by atoms with Crippen molar-refractivity contribution in [2.45, 2.75) is 20.0 Å². The Bertz CT molecular complexity index is 216. The van der Waals surface area contributed by atoms with E-state index in [1.807, 2.05) is 0 Å². The molecule has 4 heteroatoms. The molecule has 0 N–H and O–H groups in total. The van der Waals surface area contributed by atoms with Crippen LogP contribution in [0.3, 0.4) is 0 Å². The molecule has 1 unspecified atom stereocenters. The Hall–Kier alpha value is -1.41. The molecule has 0 rings (SSSR count). The smallest absolute Gasteiger partial charge is 0.276 e. The van der Waals surface area contributed by atoms with E-state index in [9.17, 15) is 9.59 Å². The maximum Gasteiger partial charge on any atom is 0.276 e. The zero-order valence-corrected chi connectivity index (χ0v) is 6.46. The summed E-state index contributed by atoms with van der Waals surface area (Å²) in [4.78, 5) is 24.9. The van der Waals surface area contributed by atoms with Crippen molar-refractivity contribution in [3.05, 3.63) is 12.2 Å². The third kappa shape index (κ3) is 3.33. The standard InChI is InChI=1S/C7H9NO3/c1-5(2)7(10)6(3)11-8-4-9/h6H,1H2,2-3H3. The molecule has 1 atom stereocenters. The second-order valence-corrected chi connectivity index (χ2v) is 2.07. The number of ketones is 1. The van der Waals surface area contributed by atoms with Gasteiger partial charge in [0.15, 0.2) is 6.10 Å². The lowest BCUT2D eigenvalue weighted by Crippen LogP contribution is -2.18. The molecule has 0 radical (unpaired) electrons. The molecule has 0 aromatic carbocycles. The number of carbonyl (C=O) groups excluding carboxylic acids is 2. The predicted molar refractivity (Wildman–Crippen MR) is 38.5 cm³/mol. The second kappa shape index (κ2) is 4.41. The molecule has 0 amide bonds. The summed E-state index contributed by atoms with van der Waals surface area (Å²) < 4.78 is 0. The second-order valence-electron chi connectivity index (χ2n) is 2.07. The number of carbonyl (C=O) groups is 1. The summed E-state index contributed by atoms with van der Waals surface area (Å²) in [6, 6.07) is 0. The van der Waals surface area contributed by atoms with Gasteiger partial charge in [0.05, 0.1) is 0 Å². The van der Waals surface area contributed by atoms with Crippen LogP contribution in [0.25, 0.3) is 0 Å². The SMILES string of the molecule is C=C(C)C(=O)C(C)ON=C=O. The molecule has 0 aliphatic rings. The number of hydrogen-bond acceptors (Lipinski definition) is 4. The number of rotatable bonds is 4. The largest absolute Gasteiger partial charge is 0.375 e. The molecule has 0 aliphatic heterocycles. The van der Waals surface area contributed by atoms with Crippen LogP contribution in [0, 0.1) is 0 Å². The molecule has 0 heterocycles. The lowest BCUT2D eigenvalue weighted by Gasteiger charge is -2.04. The minimum atomic E-state index is -0.756. The summed E-state index contributed by atoms with van der Waals surface area (Å²) in [6.07, 6.45) is 0.408. The average Bonchev–Trinajstić information content (AvgIpc) is 1.98. The van der Waals surface area contributed by atoms with Crippen molar-refractivity contribution in [1.82, 2.24) is 0 Å². The molecule has 60 valence electrons. The van der Waals surface area contributed by atoms with Gasteiger partial charge in [-0.1, -0.05) is 6.58 Å². The van der Waals surface area contributed by atoms with E-state index >= 15 is 0 Å². The lowest BCUT2D eigenvalue weighted by molar-refractivity contribution is -0.125. The fraction of sp³-hybridized carbons (Fsp3) is 0.429. The highest BCUT2D eigenvalue weighted by molar-refractivity contribution is 5.97. The Balaban J connectivity index is 4.03. The van der Waals surface area contributed by atoms with Gasteiger partial charge < -0.3 is 4.84 Å². The lowest BCUT2D eigenvalue weighted by atomic mass is 10.1. The summed E-state index contributed by atoms with van der Waals surface area (Å²) >= 11 is 0.